The molecule has 0 spiro atoms. The summed E-state index contributed by atoms with van der Waals surface area (Å²) in [6, 6.07) is 9.88. The highest BCUT2D eigenvalue weighted by atomic mass is 35.5. The molecule has 0 heterocycles. The van der Waals surface area contributed by atoms with Crippen molar-refractivity contribution in [3.63, 3.8) is 0 Å². The Bertz CT molecular complexity index is 652. The van der Waals surface area contributed by atoms with E-state index >= 15 is 0 Å². The Morgan fingerprint density at radius 3 is 2.75 bits per heavy atom. The van der Waals surface area contributed by atoms with Crippen LogP contribution in [0, 0.1) is 5.82 Å². The minimum Gasteiger partial charge on any atom is -0.593 e. The average molecular weight is 313 g/mol. The second-order valence-electron chi connectivity index (χ2n) is 3.90. The minimum absolute atomic E-state index is 0.170. The summed E-state index contributed by atoms with van der Waals surface area (Å²) in [7, 11) is 0. The lowest BCUT2D eigenvalue weighted by molar-refractivity contribution is 0.102. The fraction of sp³-hybridized carbons (Fsp3) is 0. The number of nitrogens with one attached hydrogen (secondary N) is 1. The maximum absolute atomic E-state index is 13.5. The van der Waals surface area contributed by atoms with Gasteiger partial charge in [0.2, 0.25) is 0 Å². The molecule has 4 nitrogen and oxygen atoms in total. The standard InChI is InChI=1S/C13H10ClFN2O2S/c14-8-4-5-12(15)11(6-8)13(18)17-9-2-1-3-10(7-9)20(16)19/h1-7H,16H2,(H,17,18). The monoisotopic (exact) mass is 312 g/mol. The van der Waals surface area contributed by atoms with Crippen LogP contribution in [-0.2, 0) is 11.4 Å². The molecule has 2 aromatic carbocycles. The number of carbonyl (C=O) groups is 1. The van der Waals surface area contributed by atoms with Crippen LogP contribution in [0.2, 0.25) is 5.02 Å². The molecule has 0 aromatic heterocycles. The van der Waals surface area contributed by atoms with Gasteiger partial charge in [0, 0.05) is 16.8 Å². The Hall–Kier alpha value is -1.60. The maximum Gasteiger partial charge on any atom is 0.258 e. The summed E-state index contributed by atoms with van der Waals surface area (Å²) >= 11 is 4.07. The molecule has 0 radical (unpaired) electrons. The molecule has 1 atom stereocenters. The van der Waals surface area contributed by atoms with Crippen LogP contribution >= 0.6 is 11.6 Å². The highest BCUT2D eigenvalue weighted by molar-refractivity contribution is 7.89. The Balaban J connectivity index is 2.23. The Kier molecular flexibility index (Phi) is 4.61. The van der Waals surface area contributed by atoms with Gasteiger partial charge in [0.15, 0.2) is 4.90 Å². The second-order valence-corrected chi connectivity index (χ2v) is 5.41. The van der Waals surface area contributed by atoms with Crippen LogP contribution in [0.15, 0.2) is 47.4 Å². The van der Waals surface area contributed by atoms with Gasteiger partial charge < -0.3 is 9.87 Å². The summed E-state index contributed by atoms with van der Waals surface area (Å²) in [5.41, 5.74) is 0.197. The molecular weight excluding hydrogens is 303 g/mol. The average Bonchev–Trinajstić information content (AvgIpc) is 2.41. The second kappa shape index (κ2) is 6.23. The third kappa shape index (κ3) is 3.49. The first kappa shape index (κ1) is 14.8. The third-order valence-electron chi connectivity index (χ3n) is 2.50. The molecule has 0 aliphatic heterocycles. The van der Waals surface area contributed by atoms with Crippen molar-refractivity contribution in [2.24, 2.45) is 5.14 Å². The number of carbonyl (C=O) groups excluding carboxylic acids is 1. The van der Waals surface area contributed by atoms with Crippen LogP contribution < -0.4 is 10.5 Å². The molecule has 0 fully saturated rings. The number of amides is 1. The highest BCUT2D eigenvalue weighted by Crippen LogP contribution is 2.18. The zero-order valence-corrected chi connectivity index (χ0v) is 11.7. The normalized spacial score (nSPS) is 12.0. The third-order valence-corrected chi connectivity index (χ3v) is 3.45. The van der Waals surface area contributed by atoms with Crippen molar-refractivity contribution in [2.45, 2.75) is 4.90 Å². The molecule has 0 saturated heterocycles. The summed E-state index contributed by atoms with van der Waals surface area (Å²) in [6.45, 7) is 0. The van der Waals surface area contributed by atoms with E-state index in [0.717, 1.165) is 6.07 Å². The summed E-state index contributed by atoms with van der Waals surface area (Å²) in [6.07, 6.45) is 0. The molecule has 0 aliphatic rings. The van der Waals surface area contributed by atoms with Crippen molar-refractivity contribution >= 4 is 34.6 Å². The summed E-state index contributed by atoms with van der Waals surface area (Å²) in [5.74, 6) is -1.32. The lowest BCUT2D eigenvalue weighted by Crippen LogP contribution is -2.15. The summed E-state index contributed by atoms with van der Waals surface area (Å²) in [5, 5.41) is 8.00. The van der Waals surface area contributed by atoms with Crippen LogP contribution in [-0.4, -0.2) is 10.5 Å². The Morgan fingerprint density at radius 1 is 1.30 bits per heavy atom. The van der Waals surface area contributed by atoms with Crippen molar-refractivity contribution in [1.82, 2.24) is 0 Å². The number of anilines is 1. The predicted octanol–water partition coefficient (Wildman–Crippen LogP) is 2.71. The van der Waals surface area contributed by atoms with Crippen LogP contribution in [0.3, 0.4) is 0 Å². The van der Waals surface area contributed by atoms with Crippen molar-refractivity contribution in [2.75, 3.05) is 5.32 Å². The Morgan fingerprint density at radius 2 is 2.05 bits per heavy atom. The summed E-state index contributed by atoms with van der Waals surface area (Å²) < 4.78 is 24.7. The van der Waals surface area contributed by atoms with Gasteiger partial charge in [-0.05, 0) is 30.3 Å². The zero-order valence-electron chi connectivity index (χ0n) is 10.1. The highest BCUT2D eigenvalue weighted by Gasteiger charge is 2.14. The van der Waals surface area contributed by atoms with E-state index in [0.29, 0.717) is 10.6 Å². The van der Waals surface area contributed by atoms with Gasteiger partial charge in [-0.3, -0.25) is 4.79 Å². The zero-order chi connectivity index (χ0) is 14.7. The molecule has 7 heteroatoms. The lowest BCUT2D eigenvalue weighted by Gasteiger charge is -2.08. The van der Waals surface area contributed by atoms with Crippen molar-refractivity contribution in [3.05, 3.63) is 58.9 Å². The van der Waals surface area contributed by atoms with Crippen LogP contribution in [0.1, 0.15) is 10.4 Å². The molecule has 3 N–H and O–H groups in total. The molecule has 2 rings (SSSR count). The first-order chi connectivity index (χ1) is 9.47. The molecule has 104 valence electrons. The van der Waals surface area contributed by atoms with Gasteiger partial charge in [0.05, 0.1) is 16.9 Å². The smallest absolute Gasteiger partial charge is 0.258 e. The molecular formula is C13H10ClFN2O2S. The maximum atomic E-state index is 13.5. The molecule has 2 aromatic rings. The van der Waals surface area contributed by atoms with E-state index in [1.54, 1.807) is 18.2 Å². The van der Waals surface area contributed by atoms with Gasteiger partial charge in [-0.25, -0.2) is 4.39 Å². The number of benzene rings is 2. The van der Waals surface area contributed by atoms with E-state index in [9.17, 15) is 13.7 Å². The SMILES string of the molecule is N[S+]([O-])c1cccc(NC(=O)c2cc(Cl)ccc2F)c1. The van der Waals surface area contributed by atoms with E-state index < -0.39 is 23.1 Å². The molecule has 1 unspecified atom stereocenters. The van der Waals surface area contributed by atoms with E-state index in [4.69, 9.17) is 16.7 Å². The molecule has 0 saturated carbocycles. The van der Waals surface area contributed by atoms with Crippen molar-refractivity contribution in [1.29, 1.82) is 0 Å². The fourth-order valence-electron chi connectivity index (χ4n) is 1.57. The van der Waals surface area contributed by atoms with Gasteiger partial charge in [0.25, 0.3) is 5.91 Å². The van der Waals surface area contributed by atoms with E-state index in [1.807, 2.05) is 0 Å². The van der Waals surface area contributed by atoms with Crippen LogP contribution in [0.25, 0.3) is 0 Å². The first-order valence-electron chi connectivity index (χ1n) is 5.50. The van der Waals surface area contributed by atoms with Gasteiger partial charge in [-0.1, -0.05) is 17.7 Å². The minimum atomic E-state index is -1.65. The number of hydrogen-bond acceptors (Lipinski definition) is 3. The Labute approximate surface area is 123 Å². The van der Waals surface area contributed by atoms with Crippen LogP contribution in [0.5, 0.6) is 0 Å². The molecule has 20 heavy (non-hydrogen) atoms. The van der Waals surface area contributed by atoms with Gasteiger partial charge in [-0.15, -0.1) is 5.14 Å². The van der Waals surface area contributed by atoms with Crippen LogP contribution in [0.4, 0.5) is 10.1 Å². The summed E-state index contributed by atoms with van der Waals surface area (Å²) in [4.78, 5) is 12.3. The molecule has 0 bridgehead atoms. The van der Waals surface area contributed by atoms with Crippen molar-refractivity contribution < 1.29 is 13.7 Å². The first-order valence-corrected chi connectivity index (χ1v) is 7.09. The van der Waals surface area contributed by atoms with E-state index in [2.05, 4.69) is 5.32 Å². The van der Waals surface area contributed by atoms with Gasteiger partial charge >= 0.3 is 0 Å². The number of rotatable bonds is 3. The lowest BCUT2D eigenvalue weighted by atomic mass is 10.2. The molecule has 0 aliphatic carbocycles. The van der Waals surface area contributed by atoms with Crippen molar-refractivity contribution in [3.8, 4) is 0 Å². The predicted molar refractivity (Wildman–Crippen MR) is 76.4 cm³/mol. The number of halogens is 2. The molecule has 1 amide bonds. The van der Waals surface area contributed by atoms with E-state index in [-0.39, 0.29) is 10.6 Å². The van der Waals surface area contributed by atoms with E-state index in [1.165, 1.54) is 18.2 Å². The van der Waals surface area contributed by atoms with Gasteiger partial charge in [0.1, 0.15) is 5.82 Å². The number of nitrogens with two attached hydrogens (primary N) is 1. The largest absolute Gasteiger partial charge is 0.593 e. The van der Waals surface area contributed by atoms with Gasteiger partial charge in [-0.2, -0.15) is 0 Å². The topological polar surface area (TPSA) is 78.2 Å². The fourth-order valence-corrected chi connectivity index (χ4v) is 2.20. The number of hydrogen-bond donors (Lipinski definition) is 2. The quantitative estimate of drug-likeness (QED) is 0.855.